The van der Waals surface area contributed by atoms with Crippen LogP contribution in [0.2, 0.25) is 0 Å². The van der Waals surface area contributed by atoms with Crippen molar-refractivity contribution in [2.75, 3.05) is 11.9 Å². The maximum atomic E-state index is 13.3. The molecule has 0 atom stereocenters. The molecule has 0 radical (unpaired) electrons. The molecule has 0 aliphatic carbocycles. The van der Waals surface area contributed by atoms with Crippen LogP contribution in [0, 0.1) is 24.1 Å². The monoisotopic (exact) mass is 514 g/mol. The van der Waals surface area contributed by atoms with Gasteiger partial charge in [-0.25, -0.2) is 4.39 Å². The fourth-order valence-electron chi connectivity index (χ4n) is 3.61. The number of rotatable bonds is 9. The molecule has 1 aromatic carbocycles. The number of hydrogen-bond acceptors (Lipinski definition) is 7. The van der Waals surface area contributed by atoms with E-state index in [0.29, 0.717) is 29.9 Å². The number of pyridine rings is 1. The average molecular weight is 515 g/mol. The number of amides is 1. The van der Waals surface area contributed by atoms with Gasteiger partial charge in [0.15, 0.2) is 0 Å². The summed E-state index contributed by atoms with van der Waals surface area (Å²) >= 11 is 6.31. The van der Waals surface area contributed by atoms with Crippen molar-refractivity contribution < 1.29 is 19.1 Å². The lowest BCUT2D eigenvalue weighted by atomic mass is 10.0. The quantitative estimate of drug-likeness (QED) is 0.383. The highest BCUT2D eigenvalue weighted by Crippen LogP contribution is 2.35. The molecule has 1 aliphatic rings. The summed E-state index contributed by atoms with van der Waals surface area (Å²) in [5.74, 6) is -1.42. The number of halogens is 1. The lowest BCUT2D eigenvalue weighted by molar-refractivity contribution is -0.137. The number of carboxylic acids is 1. The molecule has 2 heterocycles. The number of thioether (sulfide) groups is 1. The number of hydrogen-bond donors (Lipinski definition) is 2. The molecular weight excluding hydrogens is 491 g/mol. The van der Waals surface area contributed by atoms with Crippen LogP contribution in [-0.2, 0) is 22.7 Å². The molecule has 1 amide bonds. The third-order valence-electron chi connectivity index (χ3n) is 5.39. The summed E-state index contributed by atoms with van der Waals surface area (Å²) in [6.45, 7) is 4.09. The van der Waals surface area contributed by atoms with Crippen molar-refractivity contribution in [3.63, 3.8) is 0 Å². The summed E-state index contributed by atoms with van der Waals surface area (Å²) in [7, 11) is 0. The average Bonchev–Trinajstić information content (AvgIpc) is 3.08. The standard InChI is InChI=1S/C24H23FN4O4S2/c1-3-9-28-21(27-13-15-4-6-16(25)7-5-15)17(14(2)18(12-26)22(28)32)11-19-23(33)29(24(34)35-19)10-8-20(30)31/h4-7,11,27H,3,8-10,13H2,1-2H3,(H,30,31)/b19-11+. The summed E-state index contributed by atoms with van der Waals surface area (Å²) in [4.78, 5) is 38.5. The van der Waals surface area contributed by atoms with Crippen molar-refractivity contribution in [2.45, 2.75) is 39.8 Å². The minimum absolute atomic E-state index is 0.0293. The molecule has 1 aliphatic heterocycles. The van der Waals surface area contributed by atoms with Crippen LogP contribution in [0.4, 0.5) is 10.2 Å². The van der Waals surface area contributed by atoms with Gasteiger partial charge in [0.25, 0.3) is 11.5 Å². The molecule has 0 spiro atoms. The van der Waals surface area contributed by atoms with E-state index in [1.807, 2.05) is 13.0 Å². The highest BCUT2D eigenvalue weighted by molar-refractivity contribution is 8.26. The molecule has 1 aromatic heterocycles. The molecule has 3 rings (SSSR count). The number of nitriles is 1. The number of carboxylic acid groups (broad SMARTS) is 1. The Hall–Kier alpha value is -3.49. The van der Waals surface area contributed by atoms with E-state index in [0.717, 1.165) is 17.3 Å². The van der Waals surface area contributed by atoms with E-state index >= 15 is 0 Å². The van der Waals surface area contributed by atoms with E-state index in [1.165, 1.54) is 21.6 Å². The Balaban J connectivity index is 2.10. The molecule has 11 heteroatoms. The van der Waals surface area contributed by atoms with Crippen LogP contribution in [-0.4, -0.2) is 37.3 Å². The van der Waals surface area contributed by atoms with E-state index in [4.69, 9.17) is 17.3 Å². The molecule has 2 aromatic rings. The number of aromatic nitrogens is 1. The molecule has 2 N–H and O–H groups in total. The highest BCUT2D eigenvalue weighted by Gasteiger charge is 2.33. The van der Waals surface area contributed by atoms with E-state index < -0.39 is 17.4 Å². The van der Waals surface area contributed by atoms with Crippen LogP contribution in [0.3, 0.4) is 0 Å². The number of thiocarbonyl (C=S) groups is 1. The third-order valence-corrected chi connectivity index (χ3v) is 6.77. The molecule has 1 fully saturated rings. The maximum Gasteiger partial charge on any atom is 0.305 e. The van der Waals surface area contributed by atoms with Gasteiger partial charge < -0.3 is 10.4 Å². The smallest absolute Gasteiger partial charge is 0.305 e. The van der Waals surface area contributed by atoms with Crippen LogP contribution in [0.1, 0.15) is 42.0 Å². The molecule has 35 heavy (non-hydrogen) atoms. The Morgan fingerprint density at radius 1 is 1.29 bits per heavy atom. The maximum absolute atomic E-state index is 13.3. The Morgan fingerprint density at radius 2 is 1.97 bits per heavy atom. The SMILES string of the molecule is CCCn1c(NCc2ccc(F)cc2)c(/C=C2/SC(=S)N(CCC(=O)O)C2=O)c(C)c(C#N)c1=O. The van der Waals surface area contributed by atoms with Gasteiger partial charge in [0, 0.05) is 25.2 Å². The van der Waals surface area contributed by atoms with Crippen LogP contribution < -0.4 is 10.9 Å². The van der Waals surface area contributed by atoms with Crippen molar-refractivity contribution in [2.24, 2.45) is 0 Å². The molecular formula is C24H23FN4O4S2. The molecule has 1 saturated heterocycles. The van der Waals surface area contributed by atoms with Crippen LogP contribution in [0.15, 0.2) is 34.0 Å². The number of carbonyl (C=O) groups is 2. The summed E-state index contributed by atoms with van der Waals surface area (Å²) < 4.78 is 15.0. The molecule has 0 saturated carbocycles. The van der Waals surface area contributed by atoms with Gasteiger partial charge in [-0.05, 0) is 42.7 Å². The Bertz CT molecular complexity index is 1310. The first kappa shape index (κ1) is 26.1. The van der Waals surface area contributed by atoms with Gasteiger partial charge in [0.05, 0.1) is 11.3 Å². The number of anilines is 1. The number of nitrogens with zero attached hydrogens (tertiary/aromatic N) is 3. The minimum atomic E-state index is -1.04. The Kier molecular flexibility index (Phi) is 8.43. The summed E-state index contributed by atoms with van der Waals surface area (Å²) in [6.07, 6.45) is 1.95. The van der Waals surface area contributed by atoms with E-state index in [-0.39, 0.29) is 40.1 Å². The molecule has 0 unspecified atom stereocenters. The molecule has 0 bridgehead atoms. The van der Waals surface area contributed by atoms with Crippen LogP contribution in [0.5, 0.6) is 0 Å². The summed E-state index contributed by atoms with van der Waals surface area (Å²) in [5, 5.41) is 21.9. The van der Waals surface area contributed by atoms with Gasteiger partial charge in [-0.15, -0.1) is 0 Å². The highest BCUT2D eigenvalue weighted by atomic mass is 32.2. The first-order chi connectivity index (χ1) is 16.7. The number of carbonyl (C=O) groups excluding carboxylic acids is 1. The second-order valence-corrected chi connectivity index (χ2v) is 9.46. The second-order valence-electron chi connectivity index (χ2n) is 7.79. The van der Waals surface area contributed by atoms with Crippen molar-refractivity contribution in [3.8, 4) is 6.07 Å². The van der Waals surface area contributed by atoms with Gasteiger partial charge in [-0.1, -0.05) is 43.0 Å². The summed E-state index contributed by atoms with van der Waals surface area (Å²) in [6, 6.07) is 7.88. The van der Waals surface area contributed by atoms with Crippen LogP contribution in [0.25, 0.3) is 6.08 Å². The minimum Gasteiger partial charge on any atom is -0.481 e. The van der Waals surface area contributed by atoms with Crippen LogP contribution >= 0.6 is 24.0 Å². The predicted octanol–water partition coefficient (Wildman–Crippen LogP) is 3.87. The topological polar surface area (TPSA) is 115 Å². The fraction of sp³-hybridized carbons (Fsp3) is 0.292. The first-order valence-electron chi connectivity index (χ1n) is 10.8. The third kappa shape index (κ3) is 5.78. The first-order valence-corrected chi connectivity index (χ1v) is 12.0. The van der Waals surface area contributed by atoms with Gasteiger partial charge in [0.2, 0.25) is 0 Å². The van der Waals surface area contributed by atoms with Gasteiger partial charge in [-0.3, -0.25) is 23.9 Å². The van der Waals surface area contributed by atoms with E-state index in [1.54, 1.807) is 25.1 Å². The molecule has 182 valence electrons. The van der Waals surface area contributed by atoms with Crippen molar-refractivity contribution >= 4 is 52.1 Å². The summed E-state index contributed by atoms with van der Waals surface area (Å²) in [5.41, 5.74) is 1.19. The second kappa shape index (κ2) is 11.3. The molecule has 8 nitrogen and oxygen atoms in total. The van der Waals surface area contributed by atoms with Gasteiger partial charge in [0.1, 0.15) is 27.6 Å². The van der Waals surface area contributed by atoms with Gasteiger partial charge >= 0.3 is 5.97 Å². The lowest BCUT2D eigenvalue weighted by Gasteiger charge is -2.20. The largest absolute Gasteiger partial charge is 0.481 e. The Labute approximate surface area is 211 Å². The number of nitrogens with one attached hydrogen (secondary N) is 1. The Morgan fingerprint density at radius 3 is 2.57 bits per heavy atom. The number of aliphatic carboxylic acids is 1. The zero-order valence-corrected chi connectivity index (χ0v) is 20.8. The zero-order valence-electron chi connectivity index (χ0n) is 19.1. The number of benzene rings is 1. The van der Waals surface area contributed by atoms with Crippen molar-refractivity contribution in [1.29, 1.82) is 5.26 Å². The van der Waals surface area contributed by atoms with Crippen molar-refractivity contribution in [1.82, 2.24) is 9.47 Å². The fourth-order valence-corrected chi connectivity index (χ4v) is 4.90. The predicted molar refractivity (Wildman–Crippen MR) is 136 cm³/mol. The zero-order chi connectivity index (χ0) is 25.7. The normalized spacial score (nSPS) is 14.5. The lowest BCUT2D eigenvalue weighted by Crippen LogP contribution is -2.30. The van der Waals surface area contributed by atoms with Crippen molar-refractivity contribution in [3.05, 3.63) is 67.6 Å². The van der Waals surface area contributed by atoms with E-state index in [9.17, 15) is 24.0 Å². The van der Waals surface area contributed by atoms with Gasteiger partial charge in [-0.2, -0.15) is 5.26 Å². The van der Waals surface area contributed by atoms with E-state index in [2.05, 4.69) is 5.32 Å².